The molecule has 1 heterocycles. The summed E-state index contributed by atoms with van der Waals surface area (Å²) in [4.78, 5) is 25.3. The Hall–Kier alpha value is -1.69. The van der Waals surface area contributed by atoms with E-state index in [2.05, 4.69) is 10.2 Å². The summed E-state index contributed by atoms with van der Waals surface area (Å²) in [5.74, 6) is -1.21. The Morgan fingerprint density at radius 2 is 1.95 bits per heavy atom. The fourth-order valence-electron chi connectivity index (χ4n) is 2.94. The molecule has 1 fully saturated rings. The molecule has 0 bridgehead atoms. The van der Waals surface area contributed by atoms with E-state index in [0.717, 1.165) is 19.3 Å². The first-order chi connectivity index (χ1) is 9.94. The van der Waals surface area contributed by atoms with Crippen LogP contribution in [0.25, 0.3) is 0 Å². The first-order valence-electron chi connectivity index (χ1n) is 6.94. The maximum atomic E-state index is 12.5. The number of carbonyl (C=O) groups is 2. The Morgan fingerprint density at radius 3 is 2.48 bits per heavy atom. The Kier molecular flexibility index (Phi) is 4.77. The second kappa shape index (κ2) is 6.39. The van der Waals surface area contributed by atoms with Crippen LogP contribution in [0.15, 0.2) is 12.1 Å². The summed E-state index contributed by atoms with van der Waals surface area (Å²) < 4.78 is 0. The first kappa shape index (κ1) is 15.7. The van der Waals surface area contributed by atoms with Crippen LogP contribution in [0.2, 0.25) is 5.15 Å². The lowest BCUT2D eigenvalue weighted by atomic mass is 9.78. The lowest BCUT2D eigenvalue weighted by Gasteiger charge is -2.43. The second-order valence-electron chi connectivity index (χ2n) is 5.46. The van der Waals surface area contributed by atoms with E-state index < -0.39 is 11.5 Å². The highest BCUT2D eigenvalue weighted by Gasteiger charge is 2.41. The van der Waals surface area contributed by atoms with Crippen LogP contribution in [0.5, 0.6) is 0 Å². The van der Waals surface area contributed by atoms with Crippen LogP contribution < -0.4 is 0 Å². The summed E-state index contributed by atoms with van der Waals surface area (Å²) in [5.41, 5.74) is -0.458. The number of rotatable bonds is 4. The average Bonchev–Trinajstić information content (AvgIpc) is 2.47. The molecule has 1 aromatic heterocycles. The van der Waals surface area contributed by atoms with E-state index in [0.29, 0.717) is 12.8 Å². The van der Waals surface area contributed by atoms with E-state index in [-0.39, 0.29) is 23.2 Å². The lowest BCUT2D eigenvalue weighted by molar-refractivity contribution is -0.140. The van der Waals surface area contributed by atoms with Gasteiger partial charge in [-0.15, -0.1) is 10.2 Å². The first-order valence-corrected chi connectivity index (χ1v) is 7.32. The molecule has 0 aliphatic heterocycles. The molecule has 1 saturated carbocycles. The number of hydrogen-bond donors (Lipinski definition) is 1. The van der Waals surface area contributed by atoms with E-state index in [1.54, 1.807) is 7.05 Å². The van der Waals surface area contributed by atoms with Crippen molar-refractivity contribution in [2.24, 2.45) is 0 Å². The van der Waals surface area contributed by atoms with Gasteiger partial charge in [-0.3, -0.25) is 9.59 Å². The van der Waals surface area contributed by atoms with Crippen LogP contribution in [-0.2, 0) is 4.79 Å². The topological polar surface area (TPSA) is 83.4 Å². The molecule has 0 atom stereocenters. The summed E-state index contributed by atoms with van der Waals surface area (Å²) >= 11 is 5.66. The molecule has 0 spiro atoms. The van der Waals surface area contributed by atoms with Crippen molar-refractivity contribution in [2.45, 2.75) is 44.1 Å². The maximum absolute atomic E-state index is 12.5. The van der Waals surface area contributed by atoms with Gasteiger partial charge in [0.1, 0.15) is 0 Å². The zero-order valence-corrected chi connectivity index (χ0v) is 12.6. The highest BCUT2D eigenvalue weighted by molar-refractivity contribution is 6.29. The number of hydrogen-bond acceptors (Lipinski definition) is 4. The van der Waals surface area contributed by atoms with Crippen LogP contribution in [0.4, 0.5) is 0 Å². The van der Waals surface area contributed by atoms with E-state index in [9.17, 15) is 14.7 Å². The van der Waals surface area contributed by atoms with Gasteiger partial charge < -0.3 is 10.0 Å². The number of aliphatic carboxylic acids is 1. The molecule has 1 N–H and O–H groups in total. The normalized spacial score (nSPS) is 17.2. The molecular weight excluding hydrogens is 294 g/mol. The monoisotopic (exact) mass is 311 g/mol. The van der Waals surface area contributed by atoms with Gasteiger partial charge in [0.2, 0.25) is 0 Å². The van der Waals surface area contributed by atoms with Gasteiger partial charge in [-0.2, -0.15) is 0 Å². The van der Waals surface area contributed by atoms with Gasteiger partial charge in [-0.05, 0) is 25.0 Å². The van der Waals surface area contributed by atoms with Crippen LogP contribution >= 0.6 is 11.6 Å². The van der Waals surface area contributed by atoms with Gasteiger partial charge in [0, 0.05) is 7.05 Å². The van der Waals surface area contributed by atoms with Gasteiger partial charge in [-0.25, -0.2) is 0 Å². The molecule has 1 amide bonds. The Bertz CT molecular complexity index is 527. The summed E-state index contributed by atoms with van der Waals surface area (Å²) in [6, 6.07) is 3.01. The molecule has 1 aliphatic rings. The third-order valence-corrected chi connectivity index (χ3v) is 4.33. The zero-order chi connectivity index (χ0) is 15.5. The molecular formula is C14H18ClN3O3. The van der Waals surface area contributed by atoms with Crippen molar-refractivity contribution in [2.75, 3.05) is 7.05 Å². The standard InChI is InChI=1S/C14H18ClN3O3/c1-18(13(21)10-5-6-11(15)17-16-10)14(9-12(19)20)7-3-2-4-8-14/h5-6H,2-4,7-9H2,1H3,(H,19,20). The predicted octanol–water partition coefficient (Wildman–Crippen LogP) is 2.38. The van der Waals surface area contributed by atoms with E-state index in [1.807, 2.05) is 0 Å². The highest BCUT2D eigenvalue weighted by Crippen LogP contribution is 2.36. The van der Waals surface area contributed by atoms with Crippen LogP contribution in [0.3, 0.4) is 0 Å². The molecule has 0 saturated heterocycles. The Balaban J connectivity index is 2.24. The maximum Gasteiger partial charge on any atom is 0.305 e. The van der Waals surface area contributed by atoms with Crippen LogP contribution in [0, 0.1) is 0 Å². The van der Waals surface area contributed by atoms with Crippen molar-refractivity contribution < 1.29 is 14.7 Å². The predicted molar refractivity (Wildman–Crippen MR) is 77.2 cm³/mol. The Morgan fingerprint density at radius 1 is 1.29 bits per heavy atom. The number of amides is 1. The number of carboxylic acids is 1. The third-order valence-electron chi connectivity index (χ3n) is 4.13. The van der Waals surface area contributed by atoms with Crippen molar-refractivity contribution in [3.63, 3.8) is 0 Å². The minimum absolute atomic E-state index is 0.0454. The quantitative estimate of drug-likeness (QED) is 0.923. The van der Waals surface area contributed by atoms with Crippen molar-refractivity contribution in [1.82, 2.24) is 15.1 Å². The molecule has 6 nitrogen and oxygen atoms in total. The van der Waals surface area contributed by atoms with Gasteiger partial charge in [0.05, 0.1) is 12.0 Å². The number of aromatic nitrogens is 2. The number of halogens is 1. The number of carbonyl (C=O) groups excluding carboxylic acids is 1. The summed E-state index contributed by atoms with van der Waals surface area (Å²) in [6.45, 7) is 0. The van der Waals surface area contributed by atoms with Gasteiger partial charge in [-0.1, -0.05) is 30.9 Å². The number of carboxylic acid groups (broad SMARTS) is 1. The van der Waals surface area contributed by atoms with Crippen LogP contribution in [0.1, 0.15) is 49.0 Å². The third kappa shape index (κ3) is 3.50. The fraction of sp³-hybridized carbons (Fsp3) is 0.571. The smallest absolute Gasteiger partial charge is 0.305 e. The summed E-state index contributed by atoms with van der Waals surface area (Å²) in [6.07, 6.45) is 4.28. The number of nitrogens with zero attached hydrogens (tertiary/aromatic N) is 3. The van der Waals surface area contributed by atoms with Crippen molar-refractivity contribution in [1.29, 1.82) is 0 Å². The largest absolute Gasteiger partial charge is 0.481 e. The van der Waals surface area contributed by atoms with E-state index in [4.69, 9.17) is 11.6 Å². The minimum Gasteiger partial charge on any atom is -0.481 e. The summed E-state index contributed by atoms with van der Waals surface area (Å²) in [5, 5.41) is 16.8. The molecule has 114 valence electrons. The summed E-state index contributed by atoms with van der Waals surface area (Å²) in [7, 11) is 1.65. The van der Waals surface area contributed by atoms with E-state index in [1.165, 1.54) is 17.0 Å². The van der Waals surface area contributed by atoms with Gasteiger partial charge >= 0.3 is 5.97 Å². The van der Waals surface area contributed by atoms with Crippen molar-refractivity contribution >= 4 is 23.5 Å². The molecule has 2 rings (SSSR count). The van der Waals surface area contributed by atoms with Gasteiger partial charge in [0.25, 0.3) is 5.91 Å². The highest BCUT2D eigenvalue weighted by atomic mass is 35.5. The zero-order valence-electron chi connectivity index (χ0n) is 11.9. The molecule has 0 aromatic carbocycles. The van der Waals surface area contributed by atoms with Crippen molar-refractivity contribution in [3.8, 4) is 0 Å². The van der Waals surface area contributed by atoms with E-state index >= 15 is 0 Å². The molecule has 7 heteroatoms. The molecule has 1 aliphatic carbocycles. The van der Waals surface area contributed by atoms with Crippen molar-refractivity contribution in [3.05, 3.63) is 23.0 Å². The Labute approximate surface area is 128 Å². The molecule has 1 aromatic rings. The van der Waals surface area contributed by atoms with Gasteiger partial charge in [0.15, 0.2) is 10.8 Å². The molecule has 0 radical (unpaired) electrons. The van der Waals surface area contributed by atoms with Crippen LogP contribution in [-0.4, -0.2) is 44.7 Å². The fourth-order valence-corrected chi connectivity index (χ4v) is 3.04. The molecule has 21 heavy (non-hydrogen) atoms. The second-order valence-corrected chi connectivity index (χ2v) is 5.85. The lowest BCUT2D eigenvalue weighted by Crippen LogP contribution is -2.52. The minimum atomic E-state index is -0.890. The SMILES string of the molecule is CN(C(=O)c1ccc(Cl)nn1)C1(CC(=O)O)CCCCC1. The average molecular weight is 312 g/mol. The molecule has 0 unspecified atom stereocenters.